The predicted molar refractivity (Wildman–Crippen MR) is 73.3 cm³/mol. The Morgan fingerprint density at radius 1 is 1.44 bits per heavy atom. The fourth-order valence-corrected chi connectivity index (χ4v) is 2.45. The fourth-order valence-electron chi connectivity index (χ4n) is 1.57. The van der Waals surface area contributed by atoms with Gasteiger partial charge in [0, 0.05) is 18.5 Å². The Labute approximate surface area is 109 Å². The topological polar surface area (TPSA) is 90.3 Å². The number of nitrogens with zero attached hydrogens (tertiary/aromatic N) is 2. The summed E-state index contributed by atoms with van der Waals surface area (Å²) in [5.41, 5.74) is 0. The van der Waals surface area contributed by atoms with Crippen molar-refractivity contribution in [2.24, 2.45) is 0 Å². The minimum absolute atomic E-state index is 0.251. The maximum absolute atomic E-state index is 9.35. The summed E-state index contributed by atoms with van der Waals surface area (Å²) in [7, 11) is 1.76. The molecule has 0 aliphatic carbocycles. The molecule has 0 aromatic carbocycles. The van der Waals surface area contributed by atoms with Gasteiger partial charge < -0.3 is 20.8 Å². The second-order valence-corrected chi connectivity index (χ2v) is 5.17. The van der Waals surface area contributed by atoms with Gasteiger partial charge in [0.05, 0.1) is 18.1 Å². The lowest BCUT2D eigenvalue weighted by Gasteiger charge is -2.11. The minimum atomic E-state index is -0.798. The van der Waals surface area contributed by atoms with Crippen molar-refractivity contribution in [3.63, 3.8) is 0 Å². The molecule has 0 spiro atoms. The van der Waals surface area contributed by atoms with Crippen molar-refractivity contribution >= 4 is 33.3 Å². The van der Waals surface area contributed by atoms with Crippen LogP contribution in [0, 0.1) is 6.92 Å². The summed E-state index contributed by atoms with van der Waals surface area (Å²) in [5.74, 6) is 1.20. The molecule has 0 fully saturated rings. The van der Waals surface area contributed by atoms with E-state index in [0.29, 0.717) is 11.8 Å². The van der Waals surface area contributed by atoms with Gasteiger partial charge >= 0.3 is 0 Å². The van der Waals surface area contributed by atoms with Crippen LogP contribution in [0.1, 0.15) is 4.88 Å². The standard InChI is InChI=1S/C11H16N4O2S/c1-6-3-8-9(13-4-7(17)5-16)14-11(12-2)15-10(8)18-6/h3,7,16-17H,4-5H2,1-2H3,(H2,12,13,14,15). The molecule has 1 atom stereocenters. The van der Waals surface area contributed by atoms with Crippen molar-refractivity contribution in [2.75, 3.05) is 30.8 Å². The van der Waals surface area contributed by atoms with Crippen LogP contribution in [0.2, 0.25) is 0 Å². The van der Waals surface area contributed by atoms with Gasteiger partial charge in [0.2, 0.25) is 5.95 Å². The first kappa shape index (κ1) is 13.0. The van der Waals surface area contributed by atoms with Crippen LogP contribution in [0.15, 0.2) is 6.07 Å². The van der Waals surface area contributed by atoms with Crippen molar-refractivity contribution in [1.82, 2.24) is 9.97 Å². The predicted octanol–water partition coefficient (Wildman–Crippen LogP) is 0.807. The number of thiophene rings is 1. The SMILES string of the molecule is CNc1nc(NCC(O)CO)c2cc(C)sc2n1. The van der Waals surface area contributed by atoms with Gasteiger partial charge in [-0.25, -0.2) is 4.98 Å². The minimum Gasteiger partial charge on any atom is -0.394 e. The number of rotatable bonds is 5. The van der Waals surface area contributed by atoms with Crippen LogP contribution in [0.5, 0.6) is 0 Å². The van der Waals surface area contributed by atoms with Crippen molar-refractivity contribution in [2.45, 2.75) is 13.0 Å². The number of nitrogens with one attached hydrogen (secondary N) is 2. The molecular weight excluding hydrogens is 252 g/mol. The first-order valence-electron chi connectivity index (χ1n) is 5.62. The van der Waals surface area contributed by atoms with E-state index in [9.17, 15) is 5.11 Å². The molecule has 2 aromatic heterocycles. The summed E-state index contributed by atoms with van der Waals surface area (Å²) in [6.07, 6.45) is -0.798. The van der Waals surface area contributed by atoms with Gasteiger partial charge in [0.1, 0.15) is 10.6 Å². The van der Waals surface area contributed by atoms with E-state index in [1.54, 1.807) is 18.4 Å². The monoisotopic (exact) mass is 268 g/mol. The van der Waals surface area contributed by atoms with E-state index in [0.717, 1.165) is 15.1 Å². The average molecular weight is 268 g/mol. The second kappa shape index (κ2) is 5.47. The van der Waals surface area contributed by atoms with Gasteiger partial charge in [0.15, 0.2) is 0 Å². The molecule has 7 heteroatoms. The van der Waals surface area contributed by atoms with Crippen molar-refractivity contribution in [3.05, 3.63) is 10.9 Å². The number of aliphatic hydroxyl groups is 2. The molecule has 0 aliphatic rings. The fraction of sp³-hybridized carbons (Fsp3) is 0.455. The van der Waals surface area contributed by atoms with Gasteiger partial charge in [0.25, 0.3) is 0 Å². The molecule has 0 radical (unpaired) electrons. The van der Waals surface area contributed by atoms with E-state index in [-0.39, 0.29) is 13.2 Å². The highest BCUT2D eigenvalue weighted by molar-refractivity contribution is 7.18. The lowest BCUT2D eigenvalue weighted by atomic mass is 10.3. The Bertz CT molecular complexity index is 543. The van der Waals surface area contributed by atoms with E-state index in [2.05, 4.69) is 20.6 Å². The van der Waals surface area contributed by atoms with Crippen LogP contribution in [-0.4, -0.2) is 46.5 Å². The van der Waals surface area contributed by atoms with Crippen LogP contribution in [-0.2, 0) is 0 Å². The van der Waals surface area contributed by atoms with E-state index >= 15 is 0 Å². The Morgan fingerprint density at radius 3 is 2.89 bits per heavy atom. The summed E-state index contributed by atoms with van der Waals surface area (Å²) in [6.45, 7) is 1.99. The maximum Gasteiger partial charge on any atom is 0.225 e. The quantitative estimate of drug-likeness (QED) is 0.641. The molecule has 0 aliphatic heterocycles. The molecule has 1 unspecified atom stereocenters. The molecule has 0 saturated heterocycles. The number of anilines is 2. The van der Waals surface area contributed by atoms with Crippen LogP contribution in [0.25, 0.3) is 10.2 Å². The van der Waals surface area contributed by atoms with Gasteiger partial charge in [-0.3, -0.25) is 0 Å². The van der Waals surface area contributed by atoms with E-state index in [4.69, 9.17) is 5.11 Å². The van der Waals surface area contributed by atoms with Gasteiger partial charge in [-0.1, -0.05) is 0 Å². The second-order valence-electron chi connectivity index (χ2n) is 3.94. The van der Waals surface area contributed by atoms with Gasteiger partial charge in [-0.05, 0) is 13.0 Å². The average Bonchev–Trinajstić information content (AvgIpc) is 2.75. The summed E-state index contributed by atoms with van der Waals surface area (Å²) in [6, 6.07) is 2.01. The summed E-state index contributed by atoms with van der Waals surface area (Å²) in [4.78, 5) is 10.7. The highest BCUT2D eigenvalue weighted by Crippen LogP contribution is 2.29. The molecule has 2 heterocycles. The number of hydrogen-bond donors (Lipinski definition) is 4. The lowest BCUT2D eigenvalue weighted by molar-refractivity contribution is 0.105. The number of aryl methyl sites for hydroxylation is 1. The summed E-state index contributed by atoms with van der Waals surface area (Å²) >= 11 is 1.59. The highest BCUT2D eigenvalue weighted by Gasteiger charge is 2.11. The number of hydrogen-bond acceptors (Lipinski definition) is 7. The largest absolute Gasteiger partial charge is 0.394 e. The summed E-state index contributed by atoms with van der Waals surface area (Å²) in [5, 5.41) is 25.0. The van der Waals surface area contributed by atoms with Crippen molar-refractivity contribution in [1.29, 1.82) is 0 Å². The van der Waals surface area contributed by atoms with Crippen molar-refractivity contribution < 1.29 is 10.2 Å². The third-order valence-corrected chi connectivity index (χ3v) is 3.40. The van der Waals surface area contributed by atoms with E-state index in [1.165, 1.54) is 0 Å². The van der Waals surface area contributed by atoms with Crippen LogP contribution in [0.4, 0.5) is 11.8 Å². The molecule has 0 amide bonds. The molecule has 18 heavy (non-hydrogen) atoms. The van der Waals surface area contributed by atoms with Gasteiger partial charge in [-0.2, -0.15) is 4.98 Å². The number of fused-ring (bicyclic) bond motifs is 1. The first-order valence-corrected chi connectivity index (χ1v) is 6.44. The van der Waals surface area contributed by atoms with Crippen molar-refractivity contribution in [3.8, 4) is 0 Å². The number of aliphatic hydroxyl groups excluding tert-OH is 2. The zero-order valence-corrected chi connectivity index (χ0v) is 11.1. The molecule has 2 rings (SSSR count). The highest BCUT2D eigenvalue weighted by atomic mass is 32.1. The van der Waals surface area contributed by atoms with Crippen LogP contribution < -0.4 is 10.6 Å². The zero-order chi connectivity index (χ0) is 13.1. The Kier molecular flexibility index (Phi) is 3.95. The molecular formula is C11H16N4O2S. The van der Waals surface area contributed by atoms with Gasteiger partial charge in [-0.15, -0.1) is 11.3 Å². The lowest BCUT2D eigenvalue weighted by Crippen LogP contribution is -2.23. The Balaban J connectivity index is 2.34. The third kappa shape index (κ3) is 2.69. The molecule has 4 N–H and O–H groups in total. The van der Waals surface area contributed by atoms with Crippen LogP contribution >= 0.6 is 11.3 Å². The molecule has 2 aromatic rings. The molecule has 98 valence electrons. The Morgan fingerprint density at radius 2 is 2.22 bits per heavy atom. The van der Waals surface area contributed by atoms with E-state index in [1.807, 2.05) is 13.0 Å². The number of aromatic nitrogens is 2. The van der Waals surface area contributed by atoms with Crippen LogP contribution in [0.3, 0.4) is 0 Å². The normalized spacial score (nSPS) is 12.7. The molecule has 0 bridgehead atoms. The van der Waals surface area contributed by atoms with E-state index < -0.39 is 6.10 Å². The smallest absolute Gasteiger partial charge is 0.225 e. The molecule has 6 nitrogen and oxygen atoms in total. The first-order chi connectivity index (χ1) is 8.63. The third-order valence-electron chi connectivity index (χ3n) is 2.46. The summed E-state index contributed by atoms with van der Waals surface area (Å²) < 4.78 is 0. The zero-order valence-electron chi connectivity index (χ0n) is 10.3. The Hall–Kier alpha value is -1.44. The molecule has 0 saturated carbocycles. The maximum atomic E-state index is 9.35.